The molecule has 0 aliphatic carbocycles. The fourth-order valence-electron chi connectivity index (χ4n) is 1.13. The molecule has 2 rings (SSSR count). The molecule has 1 unspecified atom stereocenters. The zero-order valence-electron chi connectivity index (χ0n) is 6.71. The molecule has 4 heteroatoms. The minimum Gasteiger partial charge on any atom is -0.570 e. The molecule has 13 heavy (non-hydrogen) atoms. The number of benzene rings is 1. The molecule has 0 spiro atoms. The van der Waals surface area contributed by atoms with Gasteiger partial charge < -0.3 is 4.55 Å². The maximum atomic E-state index is 11.3. The lowest BCUT2D eigenvalue weighted by Crippen LogP contribution is -2.10. The Morgan fingerprint density at radius 2 is 1.85 bits per heavy atom. The third-order valence-electron chi connectivity index (χ3n) is 1.70. The van der Waals surface area contributed by atoms with Crippen molar-refractivity contribution in [3.05, 3.63) is 52.1 Å². The second kappa shape index (κ2) is 3.16. The van der Waals surface area contributed by atoms with E-state index >= 15 is 0 Å². The van der Waals surface area contributed by atoms with E-state index in [0.29, 0.717) is 5.69 Å². The van der Waals surface area contributed by atoms with E-state index in [2.05, 4.69) is 0 Å². The fourth-order valence-corrected chi connectivity index (χ4v) is 2.05. The quantitative estimate of drug-likeness (QED) is 0.645. The van der Waals surface area contributed by atoms with Crippen molar-refractivity contribution in [2.24, 2.45) is 0 Å². The van der Waals surface area contributed by atoms with Gasteiger partial charge >= 0.3 is 5.56 Å². The van der Waals surface area contributed by atoms with Gasteiger partial charge in [-0.25, -0.2) is 0 Å². The second-order valence-electron chi connectivity index (χ2n) is 2.55. The Hall–Kier alpha value is -1.39. The number of rotatable bonds is 1. The maximum Gasteiger partial charge on any atom is 0.301 e. The van der Waals surface area contributed by atoms with Gasteiger partial charge in [-0.2, -0.15) is 0 Å². The van der Waals surface area contributed by atoms with E-state index < -0.39 is 10.9 Å². The molecule has 1 aromatic carbocycles. The summed E-state index contributed by atoms with van der Waals surface area (Å²) in [6.07, 6.45) is 0. The summed E-state index contributed by atoms with van der Waals surface area (Å²) in [4.78, 5) is 11.2. The summed E-state index contributed by atoms with van der Waals surface area (Å²) < 4.78 is 12.6. The molecule has 1 aromatic heterocycles. The number of para-hydroxylation sites is 1. The van der Waals surface area contributed by atoms with E-state index in [1.807, 2.05) is 6.07 Å². The van der Waals surface area contributed by atoms with Crippen LogP contribution in [0.2, 0.25) is 0 Å². The topological polar surface area (TPSA) is 45.1 Å². The predicted octanol–water partition coefficient (Wildman–Crippen LogP) is 1.57. The van der Waals surface area contributed by atoms with Crippen LogP contribution < -0.4 is 5.56 Å². The highest BCUT2D eigenvalue weighted by molar-refractivity contribution is 7.18. The lowest BCUT2D eigenvalue weighted by molar-refractivity contribution is 0.585. The minimum atomic E-state index is -1.34. The third kappa shape index (κ3) is 1.41. The molecule has 0 bridgehead atoms. The van der Waals surface area contributed by atoms with Gasteiger partial charge in [0.2, 0.25) is 0 Å². The van der Waals surface area contributed by atoms with E-state index in [4.69, 9.17) is 0 Å². The summed E-state index contributed by atoms with van der Waals surface area (Å²) in [7, 11) is -1.34. The maximum absolute atomic E-state index is 11.3. The van der Waals surface area contributed by atoms with Gasteiger partial charge in [0, 0.05) is 10.9 Å². The van der Waals surface area contributed by atoms with Gasteiger partial charge in [-0.15, -0.1) is 3.96 Å². The molecule has 0 saturated carbocycles. The largest absolute Gasteiger partial charge is 0.570 e. The number of hydrogen-bond donors (Lipinski definition) is 0. The van der Waals surface area contributed by atoms with Crippen LogP contribution in [-0.2, 0) is 0 Å². The van der Waals surface area contributed by atoms with E-state index in [1.165, 1.54) is 15.4 Å². The highest BCUT2D eigenvalue weighted by atomic mass is 32.2. The monoisotopic (exact) mass is 193 g/mol. The van der Waals surface area contributed by atoms with Crippen LogP contribution in [0, 0.1) is 0 Å². The third-order valence-corrected chi connectivity index (χ3v) is 2.82. The molecular formula is C9H7NO2S. The van der Waals surface area contributed by atoms with Crippen molar-refractivity contribution in [1.29, 1.82) is 0 Å². The first-order valence-corrected chi connectivity index (χ1v) is 4.94. The zero-order valence-corrected chi connectivity index (χ0v) is 7.53. The molecular weight excluding hydrogens is 186 g/mol. The lowest BCUT2D eigenvalue weighted by atomic mass is 10.3. The van der Waals surface area contributed by atoms with Crippen molar-refractivity contribution in [3.63, 3.8) is 0 Å². The Labute approximate surface area is 77.8 Å². The molecule has 2 aromatic rings. The van der Waals surface area contributed by atoms with Gasteiger partial charge in [0.15, 0.2) is 5.38 Å². The average Bonchev–Trinajstić information content (AvgIpc) is 2.48. The standard InChI is InChI=1S/C9H7NO2S/c11-9-6-7-13(12)10(9)8-4-2-1-3-5-8/h1-7H. The van der Waals surface area contributed by atoms with Crippen molar-refractivity contribution in [3.8, 4) is 5.69 Å². The van der Waals surface area contributed by atoms with Crippen molar-refractivity contribution >= 4 is 10.9 Å². The highest BCUT2D eigenvalue weighted by Crippen LogP contribution is 2.14. The Morgan fingerprint density at radius 1 is 1.15 bits per heavy atom. The molecule has 0 amide bonds. The average molecular weight is 193 g/mol. The van der Waals surface area contributed by atoms with E-state index in [-0.39, 0.29) is 5.56 Å². The van der Waals surface area contributed by atoms with Gasteiger partial charge in [0.25, 0.3) is 0 Å². The van der Waals surface area contributed by atoms with Gasteiger partial charge in [0.1, 0.15) is 0 Å². The lowest BCUT2D eigenvalue weighted by Gasteiger charge is -1.98. The van der Waals surface area contributed by atoms with Crippen LogP contribution >= 0.6 is 10.9 Å². The molecule has 1 atom stereocenters. The first-order valence-electron chi connectivity index (χ1n) is 3.77. The highest BCUT2D eigenvalue weighted by Gasteiger charge is 2.08. The molecule has 0 aliphatic rings. The molecule has 3 nitrogen and oxygen atoms in total. The van der Waals surface area contributed by atoms with E-state index in [9.17, 15) is 9.35 Å². The van der Waals surface area contributed by atoms with Crippen molar-refractivity contribution in [2.75, 3.05) is 0 Å². The Morgan fingerprint density at radius 3 is 2.38 bits per heavy atom. The van der Waals surface area contributed by atoms with Gasteiger partial charge in [-0.05, 0) is 12.1 Å². The molecule has 0 N–H and O–H groups in total. The van der Waals surface area contributed by atoms with Crippen LogP contribution in [0.25, 0.3) is 5.69 Å². The van der Waals surface area contributed by atoms with Gasteiger partial charge in [0.05, 0.1) is 11.8 Å². The molecule has 66 valence electrons. The van der Waals surface area contributed by atoms with Gasteiger partial charge in [-0.1, -0.05) is 18.2 Å². The van der Waals surface area contributed by atoms with Gasteiger partial charge in [-0.3, -0.25) is 4.79 Å². The van der Waals surface area contributed by atoms with Crippen LogP contribution in [0.3, 0.4) is 0 Å². The number of hydrogen-bond acceptors (Lipinski definition) is 2. The smallest absolute Gasteiger partial charge is 0.301 e. The van der Waals surface area contributed by atoms with Crippen LogP contribution in [0.1, 0.15) is 0 Å². The van der Waals surface area contributed by atoms with Crippen LogP contribution in [0.4, 0.5) is 0 Å². The van der Waals surface area contributed by atoms with Crippen molar-refractivity contribution in [2.45, 2.75) is 0 Å². The summed E-state index contributed by atoms with van der Waals surface area (Å²) in [6.45, 7) is 0. The summed E-state index contributed by atoms with van der Waals surface area (Å²) in [6, 6.07) is 10.3. The normalized spacial score (nSPS) is 11.6. The minimum absolute atomic E-state index is 0.232. The molecule has 1 heterocycles. The van der Waals surface area contributed by atoms with E-state index in [1.54, 1.807) is 24.3 Å². The molecule has 0 aliphatic heterocycles. The van der Waals surface area contributed by atoms with Crippen molar-refractivity contribution < 1.29 is 4.55 Å². The van der Waals surface area contributed by atoms with E-state index in [0.717, 1.165) is 0 Å². The molecule has 0 fully saturated rings. The first-order chi connectivity index (χ1) is 6.29. The Bertz CT molecular complexity index is 458. The molecule has 0 saturated heterocycles. The SMILES string of the molecule is O=c1cc[s+]([O-])n1-c1ccccc1. The van der Waals surface area contributed by atoms with Crippen LogP contribution in [0.5, 0.6) is 0 Å². The fraction of sp³-hybridized carbons (Fsp3) is 0. The second-order valence-corrected chi connectivity index (χ2v) is 3.74. The van der Waals surface area contributed by atoms with Crippen LogP contribution in [0.15, 0.2) is 46.6 Å². The number of aromatic nitrogens is 1. The number of nitrogens with zero attached hydrogens (tertiary/aromatic N) is 1. The first kappa shape index (κ1) is 8.22. The summed E-state index contributed by atoms with van der Waals surface area (Å²) in [5.41, 5.74) is 0.431. The summed E-state index contributed by atoms with van der Waals surface area (Å²) >= 11 is 0. The Balaban J connectivity index is 2.65. The predicted molar refractivity (Wildman–Crippen MR) is 50.7 cm³/mol. The Kier molecular flexibility index (Phi) is 2.00. The van der Waals surface area contributed by atoms with Crippen LogP contribution in [-0.4, -0.2) is 8.51 Å². The molecule has 0 radical (unpaired) electrons. The van der Waals surface area contributed by atoms with Crippen molar-refractivity contribution in [1.82, 2.24) is 3.96 Å². The summed E-state index contributed by atoms with van der Waals surface area (Å²) in [5, 5.41) is 1.38. The zero-order chi connectivity index (χ0) is 9.26. The summed E-state index contributed by atoms with van der Waals surface area (Å²) in [5.74, 6) is 0.